The molecule has 1 unspecified atom stereocenters. The van der Waals surface area contributed by atoms with Crippen molar-refractivity contribution in [2.45, 2.75) is 26.3 Å². The second kappa shape index (κ2) is 6.92. The number of rotatable bonds is 6. The quantitative estimate of drug-likeness (QED) is 0.888. The van der Waals surface area contributed by atoms with Gasteiger partial charge in [0, 0.05) is 25.0 Å². The maximum Gasteiger partial charge on any atom is 0.255 e. The summed E-state index contributed by atoms with van der Waals surface area (Å²) < 4.78 is 7.29. The molecule has 2 aromatic rings. The molecule has 21 heavy (non-hydrogen) atoms. The summed E-state index contributed by atoms with van der Waals surface area (Å²) in [5.41, 5.74) is 1.52. The standard InChI is InChI=1S/C16H21N3O2/c1-12-5-4-6-14(21-3)15(12)16(20)18-8-7-13(2)19-10-9-17-11-19/h4-6,9-11,13H,7-8H2,1-3H3,(H,18,20). The molecule has 1 heterocycles. The third kappa shape index (κ3) is 3.62. The van der Waals surface area contributed by atoms with E-state index in [4.69, 9.17) is 4.74 Å². The maximum absolute atomic E-state index is 12.3. The van der Waals surface area contributed by atoms with Crippen LogP contribution in [0.5, 0.6) is 5.75 Å². The second-order valence-corrected chi connectivity index (χ2v) is 5.06. The topological polar surface area (TPSA) is 56.1 Å². The van der Waals surface area contributed by atoms with Crippen molar-refractivity contribution in [3.8, 4) is 5.75 Å². The molecule has 0 radical (unpaired) electrons. The number of methoxy groups -OCH3 is 1. The lowest BCUT2D eigenvalue weighted by Gasteiger charge is -2.15. The Morgan fingerprint density at radius 3 is 2.95 bits per heavy atom. The number of imidazole rings is 1. The van der Waals surface area contributed by atoms with Crippen molar-refractivity contribution in [2.24, 2.45) is 0 Å². The highest BCUT2D eigenvalue weighted by molar-refractivity contribution is 5.98. The van der Waals surface area contributed by atoms with Gasteiger partial charge in [0.1, 0.15) is 5.75 Å². The highest BCUT2D eigenvalue weighted by Crippen LogP contribution is 2.21. The van der Waals surface area contributed by atoms with Crippen molar-refractivity contribution in [1.29, 1.82) is 0 Å². The molecule has 5 heteroatoms. The number of benzene rings is 1. The van der Waals surface area contributed by atoms with E-state index in [-0.39, 0.29) is 5.91 Å². The molecule has 1 aromatic heterocycles. The zero-order valence-electron chi connectivity index (χ0n) is 12.7. The number of nitrogens with zero attached hydrogens (tertiary/aromatic N) is 2. The van der Waals surface area contributed by atoms with Crippen LogP contribution >= 0.6 is 0 Å². The third-order valence-corrected chi connectivity index (χ3v) is 3.56. The van der Waals surface area contributed by atoms with E-state index in [0.29, 0.717) is 23.9 Å². The third-order valence-electron chi connectivity index (χ3n) is 3.56. The number of nitrogens with one attached hydrogen (secondary N) is 1. The van der Waals surface area contributed by atoms with Gasteiger partial charge in [-0.3, -0.25) is 4.79 Å². The van der Waals surface area contributed by atoms with E-state index in [1.165, 1.54) is 0 Å². The molecule has 0 saturated heterocycles. The molecule has 0 bridgehead atoms. The van der Waals surface area contributed by atoms with E-state index >= 15 is 0 Å². The highest BCUT2D eigenvalue weighted by atomic mass is 16.5. The highest BCUT2D eigenvalue weighted by Gasteiger charge is 2.14. The number of aryl methyl sites for hydroxylation is 1. The molecule has 0 fully saturated rings. The van der Waals surface area contributed by atoms with Gasteiger partial charge < -0.3 is 14.6 Å². The second-order valence-electron chi connectivity index (χ2n) is 5.06. The van der Waals surface area contributed by atoms with Gasteiger partial charge in [0.05, 0.1) is 19.0 Å². The number of ether oxygens (including phenoxy) is 1. The predicted octanol–water partition coefficient (Wildman–Crippen LogP) is 2.58. The van der Waals surface area contributed by atoms with Crippen molar-refractivity contribution in [2.75, 3.05) is 13.7 Å². The molecule has 0 aliphatic rings. The summed E-state index contributed by atoms with van der Waals surface area (Å²) in [6.07, 6.45) is 6.32. The normalized spacial score (nSPS) is 12.0. The van der Waals surface area contributed by atoms with Crippen molar-refractivity contribution in [1.82, 2.24) is 14.9 Å². The van der Waals surface area contributed by atoms with Crippen molar-refractivity contribution in [3.05, 3.63) is 48.0 Å². The molecule has 0 aliphatic carbocycles. The van der Waals surface area contributed by atoms with E-state index in [1.54, 1.807) is 25.7 Å². The molecule has 0 aliphatic heterocycles. The Labute approximate surface area is 125 Å². The van der Waals surface area contributed by atoms with Gasteiger partial charge in [-0.2, -0.15) is 0 Å². The summed E-state index contributed by atoms with van der Waals surface area (Å²) in [4.78, 5) is 16.3. The van der Waals surface area contributed by atoms with Crippen LogP contribution in [0, 0.1) is 6.92 Å². The first kappa shape index (κ1) is 15.1. The van der Waals surface area contributed by atoms with Crippen molar-refractivity contribution < 1.29 is 9.53 Å². The molecule has 112 valence electrons. The first-order chi connectivity index (χ1) is 10.1. The van der Waals surface area contributed by atoms with Gasteiger partial charge in [-0.05, 0) is 31.9 Å². The van der Waals surface area contributed by atoms with Crippen molar-refractivity contribution >= 4 is 5.91 Å². The maximum atomic E-state index is 12.3. The lowest BCUT2D eigenvalue weighted by atomic mass is 10.1. The zero-order valence-corrected chi connectivity index (χ0v) is 12.7. The van der Waals surface area contributed by atoms with Gasteiger partial charge in [0.2, 0.25) is 0 Å². The summed E-state index contributed by atoms with van der Waals surface area (Å²) >= 11 is 0. The number of hydrogen-bond donors (Lipinski definition) is 1. The Morgan fingerprint density at radius 1 is 1.48 bits per heavy atom. The van der Waals surface area contributed by atoms with E-state index in [0.717, 1.165) is 12.0 Å². The molecule has 1 N–H and O–H groups in total. The number of carbonyl (C=O) groups excluding carboxylic acids is 1. The Morgan fingerprint density at radius 2 is 2.29 bits per heavy atom. The van der Waals surface area contributed by atoms with Gasteiger partial charge >= 0.3 is 0 Å². The smallest absolute Gasteiger partial charge is 0.255 e. The summed E-state index contributed by atoms with van der Waals surface area (Å²) in [6, 6.07) is 5.89. The van der Waals surface area contributed by atoms with Crippen LogP contribution in [0.2, 0.25) is 0 Å². The van der Waals surface area contributed by atoms with Crippen LogP contribution in [0.15, 0.2) is 36.9 Å². The largest absolute Gasteiger partial charge is 0.496 e. The van der Waals surface area contributed by atoms with Crippen LogP contribution in [0.4, 0.5) is 0 Å². The van der Waals surface area contributed by atoms with E-state index in [1.807, 2.05) is 29.8 Å². The monoisotopic (exact) mass is 287 g/mol. The fourth-order valence-electron chi connectivity index (χ4n) is 2.26. The van der Waals surface area contributed by atoms with E-state index in [2.05, 4.69) is 17.2 Å². The SMILES string of the molecule is COc1cccc(C)c1C(=O)NCCC(C)n1ccnc1. The Bertz CT molecular complexity index is 594. The molecule has 1 atom stereocenters. The fraction of sp³-hybridized carbons (Fsp3) is 0.375. The first-order valence-corrected chi connectivity index (χ1v) is 7.02. The number of aromatic nitrogens is 2. The van der Waals surface area contributed by atoms with Gasteiger partial charge in [-0.25, -0.2) is 4.98 Å². The van der Waals surface area contributed by atoms with Gasteiger partial charge in [0.15, 0.2) is 0 Å². The summed E-state index contributed by atoms with van der Waals surface area (Å²) in [5, 5.41) is 2.95. The molecule has 5 nitrogen and oxygen atoms in total. The van der Waals surface area contributed by atoms with Gasteiger partial charge in [-0.15, -0.1) is 0 Å². The van der Waals surface area contributed by atoms with Crippen molar-refractivity contribution in [3.63, 3.8) is 0 Å². The molecule has 1 amide bonds. The molecule has 1 aromatic carbocycles. The molecule has 0 spiro atoms. The van der Waals surface area contributed by atoms with Crippen LogP contribution in [0.3, 0.4) is 0 Å². The Hall–Kier alpha value is -2.30. The van der Waals surface area contributed by atoms with E-state index in [9.17, 15) is 4.79 Å². The molecule has 2 rings (SSSR count). The molecular formula is C16H21N3O2. The van der Waals surface area contributed by atoms with Crippen LogP contribution in [0.1, 0.15) is 35.3 Å². The minimum Gasteiger partial charge on any atom is -0.496 e. The van der Waals surface area contributed by atoms with Crippen LogP contribution < -0.4 is 10.1 Å². The Kier molecular flexibility index (Phi) is 4.98. The zero-order chi connectivity index (χ0) is 15.2. The predicted molar refractivity (Wildman–Crippen MR) is 81.6 cm³/mol. The van der Waals surface area contributed by atoms with Gasteiger partial charge in [-0.1, -0.05) is 12.1 Å². The van der Waals surface area contributed by atoms with Gasteiger partial charge in [0.25, 0.3) is 5.91 Å². The van der Waals surface area contributed by atoms with Crippen LogP contribution in [-0.2, 0) is 0 Å². The lowest BCUT2D eigenvalue weighted by molar-refractivity contribution is 0.0948. The average molecular weight is 287 g/mol. The summed E-state index contributed by atoms with van der Waals surface area (Å²) in [7, 11) is 1.58. The number of amides is 1. The minimum atomic E-state index is -0.0946. The minimum absolute atomic E-state index is 0.0946. The number of carbonyl (C=O) groups is 1. The van der Waals surface area contributed by atoms with E-state index < -0.39 is 0 Å². The lowest BCUT2D eigenvalue weighted by Crippen LogP contribution is -2.27. The first-order valence-electron chi connectivity index (χ1n) is 7.02. The Balaban J connectivity index is 1.93. The molecule has 0 saturated carbocycles. The average Bonchev–Trinajstić information content (AvgIpc) is 3.00. The number of hydrogen-bond acceptors (Lipinski definition) is 3. The molecular weight excluding hydrogens is 266 g/mol. The van der Waals surface area contributed by atoms with Crippen LogP contribution in [-0.4, -0.2) is 29.1 Å². The summed E-state index contributed by atoms with van der Waals surface area (Å²) in [6.45, 7) is 4.61. The fourth-order valence-corrected chi connectivity index (χ4v) is 2.26. The van der Waals surface area contributed by atoms with Crippen LogP contribution in [0.25, 0.3) is 0 Å². The summed E-state index contributed by atoms with van der Waals surface area (Å²) in [5.74, 6) is 0.512.